The van der Waals surface area contributed by atoms with Gasteiger partial charge in [0.2, 0.25) is 5.91 Å². The molecule has 10 nitrogen and oxygen atoms in total. The average molecular weight is 412 g/mol. The van der Waals surface area contributed by atoms with Crippen LogP contribution in [-0.4, -0.2) is 77.7 Å². The summed E-state index contributed by atoms with van der Waals surface area (Å²) >= 11 is 0. The van der Waals surface area contributed by atoms with Gasteiger partial charge in [0.25, 0.3) is 0 Å². The first kappa shape index (κ1) is 23.0. The summed E-state index contributed by atoms with van der Waals surface area (Å²) in [5, 5.41) is 34.5. The summed E-state index contributed by atoms with van der Waals surface area (Å²) in [6.45, 7) is 1.33. The van der Waals surface area contributed by atoms with E-state index in [0.717, 1.165) is 5.56 Å². The number of aliphatic hydroxyl groups is 3. The number of nitrogens with one attached hydrogen (secondary N) is 2. The molecule has 0 saturated carbocycles. The molecule has 2 amide bonds. The summed E-state index contributed by atoms with van der Waals surface area (Å²) in [6.07, 6.45) is -4.96. The Hall–Kier alpha value is -2.24. The fraction of sp³-hybridized carbons (Fsp3) is 0.579. The van der Waals surface area contributed by atoms with Gasteiger partial charge in [-0.2, -0.15) is 0 Å². The summed E-state index contributed by atoms with van der Waals surface area (Å²) in [4.78, 5) is 23.0. The van der Waals surface area contributed by atoms with Crippen LogP contribution in [0.5, 0.6) is 0 Å². The van der Waals surface area contributed by atoms with Crippen LogP contribution in [-0.2, 0) is 25.6 Å². The molecule has 2 rings (SSSR count). The second kappa shape index (κ2) is 11.7. The molecule has 0 unspecified atom stereocenters. The van der Waals surface area contributed by atoms with Gasteiger partial charge in [0.1, 0.15) is 31.0 Å². The first-order chi connectivity index (χ1) is 13.9. The zero-order chi connectivity index (χ0) is 21.2. The minimum atomic E-state index is -1.36. The monoisotopic (exact) mass is 412 g/mol. The predicted octanol–water partition coefficient (Wildman–Crippen LogP) is -0.737. The Morgan fingerprint density at radius 2 is 1.90 bits per heavy atom. The maximum atomic E-state index is 11.7. The Bertz CT molecular complexity index is 644. The normalized spacial score (nSPS) is 26.6. The number of alkyl carbamates (subject to hydrolysis) is 1. The number of carbonyl (C=O) groups excluding carboxylic acids is 2. The summed E-state index contributed by atoms with van der Waals surface area (Å²) in [5.41, 5.74) is 0.878. The van der Waals surface area contributed by atoms with Crippen molar-refractivity contribution in [2.45, 2.75) is 50.6 Å². The second-order valence-electron chi connectivity index (χ2n) is 6.65. The van der Waals surface area contributed by atoms with Crippen molar-refractivity contribution in [3.63, 3.8) is 0 Å². The Morgan fingerprint density at radius 1 is 1.17 bits per heavy atom. The Morgan fingerprint density at radius 3 is 2.55 bits per heavy atom. The molecule has 0 spiro atoms. The van der Waals surface area contributed by atoms with Crippen LogP contribution in [0.3, 0.4) is 0 Å². The first-order valence-electron chi connectivity index (χ1n) is 9.38. The second-order valence-corrected chi connectivity index (χ2v) is 6.65. The molecule has 162 valence electrons. The fourth-order valence-electron chi connectivity index (χ4n) is 2.85. The van der Waals surface area contributed by atoms with Crippen LogP contribution in [0.25, 0.3) is 0 Å². The highest BCUT2D eigenvalue weighted by Gasteiger charge is 2.45. The van der Waals surface area contributed by atoms with E-state index in [1.165, 1.54) is 6.92 Å². The molecule has 1 aromatic carbocycles. The lowest BCUT2D eigenvalue weighted by atomic mass is 9.97. The molecule has 0 bridgehead atoms. The topological polar surface area (TPSA) is 147 Å². The summed E-state index contributed by atoms with van der Waals surface area (Å²) in [7, 11) is 0. The lowest BCUT2D eigenvalue weighted by Crippen LogP contribution is -2.64. The van der Waals surface area contributed by atoms with Crippen molar-refractivity contribution in [3.8, 4) is 0 Å². The van der Waals surface area contributed by atoms with E-state index in [1.807, 2.05) is 30.3 Å². The molecule has 1 fully saturated rings. The maximum absolute atomic E-state index is 11.7. The Kier molecular flexibility index (Phi) is 9.29. The van der Waals surface area contributed by atoms with Crippen LogP contribution in [0.4, 0.5) is 4.79 Å². The van der Waals surface area contributed by atoms with Gasteiger partial charge < -0.3 is 40.2 Å². The molecule has 5 N–H and O–H groups in total. The molecular weight excluding hydrogens is 384 g/mol. The molecule has 0 aliphatic carbocycles. The fourth-order valence-corrected chi connectivity index (χ4v) is 2.85. The van der Waals surface area contributed by atoms with E-state index in [9.17, 15) is 24.9 Å². The van der Waals surface area contributed by atoms with Gasteiger partial charge in [-0.1, -0.05) is 30.3 Å². The number of hydrogen-bond acceptors (Lipinski definition) is 8. The van der Waals surface area contributed by atoms with E-state index in [4.69, 9.17) is 14.2 Å². The smallest absolute Gasteiger partial charge is 0.407 e. The van der Waals surface area contributed by atoms with Crippen molar-refractivity contribution in [2.75, 3.05) is 19.8 Å². The lowest BCUT2D eigenvalue weighted by molar-refractivity contribution is -0.270. The largest absolute Gasteiger partial charge is 0.445 e. The van der Waals surface area contributed by atoms with Crippen LogP contribution >= 0.6 is 0 Å². The van der Waals surface area contributed by atoms with E-state index < -0.39 is 49.3 Å². The Labute approximate surface area is 168 Å². The van der Waals surface area contributed by atoms with Crippen LogP contribution in [0.2, 0.25) is 0 Å². The van der Waals surface area contributed by atoms with Crippen molar-refractivity contribution >= 4 is 12.0 Å². The average Bonchev–Trinajstić information content (AvgIpc) is 2.71. The molecule has 29 heavy (non-hydrogen) atoms. The summed E-state index contributed by atoms with van der Waals surface area (Å²) in [6, 6.07) is 8.29. The van der Waals surface area contributed by atoms with Gasteiger partial charge in [-0.05, 0) is 12.0 Å². The van der Waals surface area contributed by atoms with Gasteiger partial charge in [0, 0.05) is 13.5 Å². The third-order valence-electron chi connectivity index (χ3n) is 4.34. The zero-order valence-corrected chi connectivity index (χ0v) is 16.2. The molecule has 1 aliphatic rings. The molecule has 10 heteroatoms. The molecular formula is C19H28N2O8. The zero-order valence-electron chi connectivity index (χ0n) is 16.2. The number of carbonyl (C=O) groups is 2. The standard InChI is InChI=1S/C19H28N2O8/c1-12(23)21-15-17(25)16(24)14(10-22)29-18(15)27-9-5-8-20-19(26)28-11-13-6-3-2-4-7-13/h2-4,6-7,14-18,22,24-25H,5,8-11H2,1H3,(H,20,26)(H,21,23)/t14-,15-,16+,17-,18-/m1/s1. The summed E-state index contributed by atoms with van der Waals surface area (Å²) in [5.74, 6) is -0.427. The number of amides is 2. The van der Waals surface area contributed by atoms with Gasteiger partial charge in [-0.3, -0.25) is 4.79 Å². The van der Waals surface area contributed by atoms with E-state index in [2.05, 4.69) is 10.6 Å². The molecule has 0 radical (unpaired) electrons. The minimum Gasteiger partial charge on any atom is -0.445 e. The number of benzene rings is 1. The van der Waals surface area contributed by atoms with Gasteiger partial charge in [-0.15, -0.1) is 0 Å². The highest BCUT2D eigenvalue weighted by molar-refractivity contribution is 5.73. The number of hydrogen-bond donors (Lipinski definition) is 5. The molecule has 1 heterocycles. The number of aliphatic hydroxyl groups excluding tert-OH is 3. The van der Waals surface area contributed by atoms with Crippen molar-refractivity contribution in [2.24, 2.45) is 0 Å². The van der Waals surface area contributed by atoms with Crippen molar-refractivity contribution in [1.29, 1.82) is 0 Å². The number of ether oxygens (including phenoxy) is 3. The van der Waals surface area contributed by atoms with E-state index in [1.54, 1.807) is 0 Å². The molecule has 1 saturated heterocycles. The lowest BCUT2D eigenvalue weighted by Gasteiger charge is -2.42. The van der Waals surface area contributed by atoms with Crippen LogP contribution < -0.4 is 10.6 Å². The van der Waals surface area contributed by atoms with Crippen molar-refractivity contribution in [3.05, 3.63) is 35.9 Å². The van der Waals surface area contributed by atoms with Gasteiger partial charge >= 0.3 is 6.09 Å². The molecule has 1 aliphatic heterocycles. The highest BCUT2D eigenvalue weighted by Crippen LogP contribution is 2.22. The third-order valence-corrected chi connectivity index (χ3v) is 4.34. The van der Waals surface area contributed by atoms with E-state index in [0.29, 0.717) is 6.42 Å². The minimum absolute atomic E-state index is 0.140. The number of rotatable bonds is 9. The van der Waals surface area contributed by atoms with E-state index >= 15 is 0 Å². The third kappa shape index (κ3) is 7.26. The molecule has 5 atom stereocenters. The molecule has 0 aromatic heterocycles. The van der Waals surface area contributed by atoms with Gasteiger partial charge in [0.15, 0.2) is 6.29 Å². The maximum Gasteiger partial charge on any atom is 0.407 e. The van der Waals surface area contributed by atoms with Gasteiger partial charge in [0.05, 0.1) is 13.2 Å². The van der Waals surface area contributed by atoms with Crippen LogP contribution in [0.1, 0.15) is 18.9 Å². The van der Waals surface area contributed by atoms with E-state index in [-0.39, 0.29) is 19.8 Å². The predicted molar refractivity (Wildman–Crippen MR) is 101 cm³/mol. The van der Waals surface area contributed by atoms with Crippen LogP contribution in [0.15, 0.2) is 30.3 Å². The quantitative estimate of drug-likeness (QED) is 0.334. The molecule has 1 aromatic rings. The van der Waals surface area contributed by atoms with Gasteiger partial charge in [-0.25, -0.2) is 4.79 Å². The highest BCUT2D eigenvalue weighted by atomic mass is 16.7. The van der Waals surface area contributed by atoms with Crippen molar-refractivity contribution < 1.29 is 39.1 Å². The summed E-state index contributed by atoms with van der Waals surface area (Å²) < 4.78 is 16.1. The SMILES string of the molecule is CC(=O)N[C@H]1[C@H](OCCCNC(=O)OCc2ccccc2)O[C@H](CO)[C@H](O)[C@@H]1O. The van der Waals surface area contributed by atoms with Crippen molar-refractivity contribution in [1.82, 2.24) is 10.6 Å². The van der Waals surface area contributed by atoms with Crippen LogP contribution in [0, 0.1) is 0 Å². The first-order valence-corrected chi connectivity index (χ1v) is 9.38. The Balaban J connectivity index is 1.71.